The Kier molecular flexibility index (Phi) is 6.82. The van der Waals surface area contributed by atoms with Crippen molar-refractivity contribution in [2.75, 3.05) is 42.7 Å². The number of nitrogens with one attached hydrogen (secondary N) is 1. The molecule has 0 spiro atoms. The fraction of sp³-hybridized carbons (Fsp3) is 0.667. The number of thioether (sulfide) groups is 1. The number of aliphatic hydroxyl groups is 1. The van der Waals surface area contributed by atoms with Crippen molar-refractivity contribution in [1.29, 1.82) is 0 Å². The summed E-state index contributed by atoms with van der Waals surface area (Å²) in [5, 5.41) is 12.9. The molecule has 2 N–H and O–H groups in total. The minimum atomic E-state index is 0.205. The number of nitrogens with zero attached hydrogens (tertiary/aromatic N) is 3. The molecule has 1 rings (SSSR count). The van der Waals surface area contributed by atoms with Crippen molar-refractivity contribution in [3.05, 3.63) is 6.07 Å². The van der Waals surface area contributed by atoms with Gasteiger partial charge in [-0.3, -0.25) is 0 Å². The minimum absolute atomic E-state index is 0.205. The highest BCUT2D eigenvalue weighted by molar-refractivity contribution is 7.98. The van der Waals surface area contributed by atoms with Crippen LogP contribution in [0.2, 0.25) is 0 Å². The largest absolute Gasteiger partial charge is 0.396 e. The zero-order valence-electron chi connectivity index (χ0n) is 11.3. The second-order valence-electron chi connectivity index (χ2n) is 3.79. The van der Waals surface area contributed by atoms with Crippen LogP contribution in [-0.4, -0.2) is 47.6 Å². The maximum absolute atomic E-state index is 8.92. The molecule has 0 radical (unpaired) electrons. The van der Waals surface area contributed by atoms with Crippen molar-refractivity contribution in [2.24, 2.45) is 0 Å². The zero-order valence-corrected chi connectivity index (χ0v) is 12.1. The second kappa shape index (κ2) is 8.16. The molecule has 5 nitrogen and oxygen atoms in total. The van der Waals surface area contributed by atoms with Crippen molar-refractivity contribution >= 4 is 23.4 Å². The van der Waals surface area contributed by atoms with Gasteiger partial charge in [-0.1, -0.05) is 11.8 Å². The van der Waals surface area contributed by atoms with E-state index < -0.39 is 0 Å². The first-order chi connectivity index (χ1) is 8.74. The van der Waals surface area contributed by atoms with E-state index in [0.29, 0.717) is 0 Å². The summed E-state index contributed by atoms with van der Waals surface area (Å²) in [5.41, 5.74) is 0. The van der Waals surface area contributed by atoms with Crippen LogP contribution in [0, 0.1) is 0 Å². The third-order valence-corrected chi connectivity index (χ3v) is 3.07. The molecule has 0 aliphatic heterocycles. The Morgan fingerprint density at radius 2 is 2.17 bits per heavy atom. The average Bonchev–Trinajstić information content (AvgIpc) is 2.39. The van der Waals surface area contributed by atoms with E-state index >= 15 is 0 Å². The Hall–Kier alpha value is -1.01. The van der Waals surface area contributed by atoms with E-state index in [1.165, 1.54) is 11.8 Å². The van der Waals surface area contributed by atoms with Crippen LogP contribution in [0.3, 0.4) is 0 Å². The molecule has 0 bridgehead atoms. The Labute approximate surface area is 113 Å². The molecule has 1 aromatic heterocycles. The summed E-state index contributed by atoms with van der Waals surface area (Å²) in [5.74, 6) is 1.77. The fourth-order valence-corrected chi connectivity index (χ4v) is 2.01. The maximum Gasteiger partial charge on any atom is 0.191 e. The van der Waals surface area contributed by atoms with Crippen LogP contribution < -0.4 is 10.2 Å². The molecule has 6 heteroatoms. The SMILES string of the molecule is CCNc1cc(N(CC)CCCO)nc(SC)n1. The molecule has 1 heterocycles. The van der Waals surface area contributed by atoms with E-state index in [2.05, 4.69) is 27.1 Å². The van der Waals surface area contributed by atoms with Crippen LogP contribution in [-0.2, 0) is 0 Å². The Morgan fingerprint density at radius 1 is 1.39 bits per heavy atom. The summed E-state index contributed by atoms with van der Waals surface area (Å²) in [6.45, 7) is 6.86. The van der Waals surface area contributed by atoms with Gasteiger partial charge in [0.1, 0.15) is 11.6 Å². The van der Waals surface area contributed by atoms with E-state index in [-0.39, 0.29) is 6.61 Å². The van der Waals surface area contributed by atoms with E-state index in [4.69, 9.17) is 5.11 Å². The van der Waals surface area contributed by atoms with Gasteiger partial charge in [-0.05, 0) is 26.5 Å². The smallest absolute Gasteiger partial charge is 0.191 e. The van der Waals surface area contributed by atoms with E-state index in [9.17, 15) is 0 Å². The molecule has 0 amide bonds. The van der Waals surface area contributed by atoms with Gasteiger partial charge >= 0.3 is 0 Å². The molecule has 102 valence electrons. The molecular weight excluding hydrogens is 248 g/mol. The summed E-state index contributed by atoms with van der Waals surface area (Å²) in [4.78, 5) is 11.1. The van der Waals surface area contributed by atoms with Gasteiger partial charge in [-0.25, -0.2) is 9.97 Å². The Balaban J connectivity index is 2.93. The predicted octanol–water partition coefficient (Wildman–Crippen LogP) is 1.84. The quantitative estimate of drug-likeness (QED) is 0.555. The molecule has 0 aliphatic carbocycles. The van der Waals surface area contributed by atoms with Crippen molar-refractivity contribution in [3.8, 4) is 0 Å². The van der Waals surface area contributed by atoms with Gasteiger partial charge in [-0.15, -0.1) is 0 Å². The van der Waals surface area contributed by atoms with Crippen molar-refractivity contribution in [2.45, 2.75) is 25.4 Å². The third-order valence-electron chi connectivity index (χ3n) is 2.52. The van der Waals surface area contributed by atoms with E-state index in [1.807, 2.05) is 19.2 Å². The van der Waals surface area contributed by atoms with Crippen LogP contribution >= 0.6 is 11.8 Å². The lowest BCUT2D eigenvalue weighted by molar-refractivity contribution is 0.289. The standard InChI is InChI=1S/C12H22N4OS/c1-4-13-10-9-11(15-12(14-10)18-3)16(5-2)7-6-8-17/h9,17H,4-8H2,1-3H3,(H,13,14,15). The number of aliphatic hydroxyl groups excluding tert-OH is 1. The Bertz CT molecular complexity index is 362. The van der Waals surface area contributed by atoms with E-state index in [0.717, 1.165) is 42.8 Å². The van der Waals surface area contributed by atoms with Gasteiger partial charge in [0, 0.05) is 32.3 Å². The lowest BCUT2D eigenvalue weighted by Crippen LogP contribution is -2.26. The maximum atomic E-state index is 8.92. The highest BCUT2D eigenvalue weighted by Gasteiger charge is 2.09. The van der Waals surface area contributed by atoms with Gasteiger partial charge in [0.05, 0.1) is 0 Å². The van der Waals surface area contributed by atoms with Crippen LogP contribution in [0.4, 0.5) is 11.6 Å². The Morgan fingerprint density at radius 3 is 2.72 bits per heavy atom. The van der Waals surface area contributed by atoms with Crippen molar-refractivity contribution in [3.63, 3.8) is 0 Å². The fourth-order valence-electron chi connectivity index (χ4n) is 1.63. The van der Waals surface area contributed by atoms with Crippen LogP contribution in [0.5, 0.6) is 0 Å². The molecule has 0 aliphatic rings. The zero-order chi connectivity index (χ0) is 13.4. The summed E-state index contributed by atoms with van der Waals surface area (Å²) in [7, 11) is 0. The van der Waals surface area contributed by atoms with Crippen LogP contribution in [0.25, 0.3) is 0 Å². The topological polar surface area (TPSA) is 61.3 Å². The molecule has 0 atom stereocenters. The number of rotatable bonds is 8. The lowest BCUT2D eigenvalue weighted by atomic mass is 10.3. The highest BCUT2D eigenvalue weighted by Crippen LogP contribution is 2.20. The van der Waals surface area contributed by atoms with Gasteiger partial charge in [-0.2, -0.15) is 0 Å². The number of aromatic nitrogens is 2. The molecule has 18 heavy (non-hydrogen) atoms. The van der Waals surface area contributed by atoms with Crippen molar-refractivity contribution < 1.29 is 5.11 Å². The minimum Gasteiger partial charge on any atom is -0.396 e. The third kappa shape index (κ3) is 4.34. The second-order valence-corrected chi connectivity index (χ2v) is 4.56. The van der Waals surface area contributed by atoms with Gasteiger partial charge in [0.15, 0.2) is 5.16 Å². The molecule has 0 unspecified atom stereocenters. The summed E-state index contributed by atoms with van der Waals surface area (Å²) in [6, 6.07) is 1.96. The van der Waals surface area contributed by atoms with Gasteiger partial charge in [0.2, 0.25) is 0 Å². The first kappa shape index (κ1) is 15.0. The first-order valence-electron chi connectivity index (χ1n) is 6.27. The van der Waals surface area contributed by atoms with E-state index in [1.54, 1.807) is 0 Å². The first-order valence-corrected chi connectivity index (χ1v) is 7.50. The molecule has 0 fully saturated rings. The normalized spacial score (nSPS) is 10.4. The summed E-state index contributed by atoms with van der Waals surface area (Å²) >= 11 is 1.54. The van der Waals surface area contributed by atoms with Gasteiger partial charge in [0.25, 0.3) is 0 Å². The van der Waals surface area contributed by atoms with Crippen LogP contribution in [0.1, 0.15) is 20.3 Å². The molecule has 0 saturated carbocycles. The van der Waals surface area contributed by atoms with Crippen LogP contribution in [0.15, 0.2) is 11.2 Å². The van der Waals surface area contributed by atoms with Gasteiger partial charge < -0.3 is 15.3 Å². The molecule has 0 saturated heterocycles. The molecular formula is C12H22N4OS. The van der Waals surface area contributed by atoms with Crippen molar-refractivity contribution in [1.82, 2.24) is 9.97 Å². The number of hydrogen-bond acceptors (Lipinski definition) is 6. The summed E-state index contributed by atoms with van der Waals surface area (Å²) < 4.78 is 0. The number of hydrogen-bond donors (Lipinski definition) is 2. The molecule has 0 aromatic carbocycles. The lowest BCUT2D eigenvalue weighted by Gasteiger charge is -2.22. The average molecular weight is 270 g/mol. The molecule has 1 aromatic rings. The predicted molar refractivity (Wildman–Crippen MR) is 77.6 cm³/mol. The highest BCUT2D eigenvalue weighted by atomic mass is 32.2. The number of anilines is 2. The summed E-state index contributed by atoms with van der Waals surface area (Å²) in [6.07, 6.45) is 2.72. The monoisotopic (exact) mass is 270 g/mol.